The minimum absolute atomic E-state index is 0.222. The molecule has 2 aromatic rings. The lowest BCUT2D eigenvalue weighted by Crippen LogP contribution is -1.99. The van der Waals surface area contributed by atoms with Gasteiger partial charge in [0.15, 0.2) is 0 Å². The Kier molecular flexibility index (Phi) is 4.37. The van der Waals surface area contributed by atoms with E-state index in [1.54, 1.807) is 6.07 Å². The van der Waals surface area contributed by atoms with Crippen LogP contribution in [-0.4, -0.2) is 10.5 Å². The Labute approximate surface area is 116 Å². The molecule has 0 saturated carbocycles. The molecule has 0 bridgehead atoms. The van der Waals surface area contributed by atoms with Crippen molar-refractivity contribution in [3.8, 4) is 0 Å². The summed E-state index contributed by atoms with van der Waals surface area (Å²) in [6.07, 6.45) is 1.46. The Morgan fingerprint density at radius 1 is 1.39 bits per heavy atom. The number of hydrogen-bond acceptors (Lipinski definition) is 3. The van der Waals surface area contributed by atoms with Crippen LogP contribution in [0, 0.1) is 5.82 Å². The number of benzene rings is 1. The van der Waals surface area contributed by atoms with E-state index in [0.29, 0.717) is 12.2 Å². The van der Waals surface area contributed by atoms with Crippen LogP contribution in [0.1, 0.15) is 4.88 Å². The third-order valence-electron chi connectivity index (χ3n) is 2.34. The molecule has 1 aromatic heterocycles. The fraction of sp³-hybridized carbons (Fsp3) is 0.167. The van der Waals surface area contributed by atoms with E-state index in [9.17, 15) is 8.60 Å². The maximum atomic E-state index is 13.6. The van der Waals surface area contributed by atoms with E-state index in [1.807, 2.05) is 12.1 Å². The number of hydrogen-bond donors (Lipinski definition) is 1. The van der Waals surface area contributed by atoms with Gasteiger partial charge in [-0.1, -0.05) is 11.6 Å². The molecule has 0 fully saturated rings. The van der Waals surface area contributed by atoms with E-state index in [1.165, 1.54) is 29.7 Å². The van der Waals surface area contributed by atoms with Crippen LogP contribution >= 0.6 is 22.9 Å². The summed E-state index contributed by atoms with van der Waals surface area (Å²) in [5, 5.41) is 3.09. The van der Waals surface area contributed by atoms with Crippen LogP contribution in [0.25, 0.3) is 0 Å². The Balaban J connectivity index is 2.06. The van der Waals surface area contributed by atoms with E-state index >= 15 is 0 Å². The van der Waals surface area contributed by atoms with Gasteiger partial charge >= 0.3 is 0 Å². The molecule has 2 rings (SSSR count). The SMILES string of the molecule is CS(=O)c1ccc(NCc2ccc(Cl)s2)cc1F. The van der Waals surface area contributed by atoms with Crippen molar-refractivity contribution < 1.29 is 8.60 Å². The van der Waals surface area contributed by atoms with Gasteiger partial charge < -0.3 is 5.32 Å². The fourth-order valence-electron chi connectivity index (χ4n) is 1.48. The van der Waals surface area contributed by atoms with Crippen LogP contribution in [0.2, 0.25) is 4.34 Å². The predicted molar refractivity (Wildman–Crippen MR) is 75.4 cm³/mol. The Morgan fingerprint density at radius 3 is 2.72 bits per heavy atom. The van der Waals surface area contributed by atoms with Gasteiger partial charge in [-0.3, -0.25) is 4.21 Å². The number of halogens is 2. The first-order valence-electron chi connectivity index (χ1n) is 5.17. The molecule has 2 nitrogen and oxygen atoms in total. The van der Waals surface area contributed by atoms with Gasteiger partial charge in [0.1, 0.15) is 5.82 Å². The highest BCUT2D eigenvalue weighted by Crippen LogP contribution is 2.23. The topological polar surface area (TPSA) is 29.1 Å². The highest BCUT2D eigenvalue weighted by Gasteiger charge is 2.07. The summed E-state index contributed by atoms with van der Waals surface area (Å²) in [5.74, 6) is -0.454. The van der Waals surface area contributed by atoms with Gasteiger partial charge in [0.05, 0.1) is 20.0 Å². The van der Waals surface area contributed by atoms with Gasteiger partial charge in [-0.2, -0.15) is 0 Å². The summed E-state index contributed by atoms with van der Waals surface area (Å²) in [5.41, 5.74) is 0.659. The van der Waals surface area contributed by atoms with E-state index < -0.39 is 16.6 Å². The second kappa shape index (κ2) is 5.82. The Bertz CT molecular complexity index is 585. The second-order valence-electron chi connectivity index (χ2n) is 3.66. The molecule has 96 valence electrons. The molecule has 6 heteroatoms. The molecule has 1 atom stereocenters. The lowest BCUT2D eigenvalue weighted by atomic mass is 10.3. The number of anilines is 1. The van der Waals surface area contributed by atoms with Crippen LogP contribution in [-0.2, 0) is 17.3 Å². The van der Waals surface area contributed by atoms with Crippen molar-refractivity contribution in [2.45, 2.75) is 11.4 Å². The monoisotopic (exact) mass is 303 g/mol. The van der Waals surface area contributed by atoms with Gasteiger partial charge in [0.25, 0.3) is 0 Å². The van der Waals surface area contributed by atoms with Crippen LogP contribution in [0.3, 0.4) is 0 Å². The molecule has 0 amide bonds. The highest BCUT2D eigenvalue weighted by atomic mass is 35.5. The Hall–Kier alpha value is -0.910. The van der Waals surface area contributed by atoms with Crippen LogP contribution in [0.4, 0.5) is 10.1 Å². The van der Waals surface area contributed by atoms with E-state index in [4.69, 9.17) is 11.6 Å². The van der Waals surface area contributed by atoms with E-state index in [2.05, 4.69) is 5.32 Å². The molecular formula is C12H11ClFNOS2. The van der Waals surface area contributed by atoms with Gasteiger partial charge in [-0.15, -0.1) is 11.3 Å². The van der Waals surface area contributed by atoms with Crippen molar-refractivity contribution in [3.05, 3.63) is 45.4 Å². The van der Waals surface area contributed by atoms with Crippen molar-refractivity contribution in [2.24, 2.45) is 0 Å². The first-order valence-corrected chi connectivity index (χ1v) is 7.92. The molecule has 1 heterocycles. The molecule has 1 N–H and O–H groups in total. The predicted octanol–water partition coefficient (Wildman–Crippen LogP) is 3.89. The van der Waals surface area contributed by atoms with Crippen molar-refractivity contribution in [1.29, 1.82) is 0 Å². The lowest BCUT2D eigenvalue weighted by Gasteiger charge is -2.06. The maximum absolute atomic E-state index is 13.6. The maximum Gasteiger partial charge on any atom is 0.141 e. The first kappa shape index (κ1) is 13.5. The molecule has 1 unspecified atom stereocenters. The molecule has 18 heavy (non-hydrogen) atoms. The van der Waals surface area contributed by atoms with Crippen molar-refractivity contribution >= 4 is 39.4 Å². The zero-order valence-corrected chi connectivity index (χ0v) is 12.0. The van der Waals surface area contributed by atoms with Crippen molar-refractivity contribution in [2.75, 3.05) is 11.6 Å². The largest absolute Gasteiger partial charge is 0.380 e. The van der Waals surface area contributed by atoms with Crippen LogP contribution in [0.5, 0.6) is 0 Å². The minimum atomic E-state index is -1.30. The van der Waals surface area contributed by atoms with Crippen molar-refractivity contribution in [1.82, 2.24) is 0 Å². The third-order valence-corrected chi connectivity index (χ3v) is 4.52. The zero-order valence-electron chi connectivity index (χ0n) is 9.57. The van der Waals surface area contributed by atoms with Crippen LogP contribution < -0.4 is 5.32 Å². The lowest BCUT2D eigenvalue weighted by molar-refractivity contribution is 0.596. The zero-order chi connectivity index (χ0) is 13.1. The summed E-state index contributed by atoms with van der Waals surface area (Å²) >= 11 is 7.30. The molecule has 0 radical (unpaired) electrons. The molecule has 0 aliphatic heterocycles. The molecule has 1 aromatic carbocycles. The molecule has 0 spiro atoms. The number of nitrogens with one attached hydrogen (secondary N) is 1. The fourth-order valence-corrected chi connectivity index (χ4v) is 3.10. The summed E-state index contributed by atoms with van der Waals surface area (Å²) in [7, 11) is -1.30. The second-order valence-corrected chi connectivity index (χ2v) is 6.81. The van der Waals surface area contributed by atoms with E-state index in [-0.39, 0.29) is 4.90 Å². The molecule has 0 saturated heterocycles. The average molecular weight is 304 g/mol. The molecular weight excluding hydrogens is 293 g/mol. The molecule has 0 aliphatic carbocycles. The van der Waals surface area contributed by atoms with Gasteiger partial charge in [0.2, 0.25) is 0 Å². The van der Waals surface area contributed by atoms with Gasteiger partial charge in [0, 0.05) is 23.4 Å². The average Bonchev–Trinajstić information content (AvgIpc) is 2.72. The van der Waals surface area contributed by atoms with Crippen molar-refractivity contribution in [3.63, 3.8) is 0 Å². The number of thiophene rings is 1. The quantitative estimate of drug-likeness (QED) is 0.928. The van der Waals surface area contributed by atoms with Gasteiger partial charge in [-0.25, -0.2) is 4.39 Å². The summed E-state index contributed by atoms with van der Waals surface area (Å²) in [6.45, 7) is 0.589. The Morgan fingerprint density at radius 2 is 2.17 bits per heavy atom. The summed E-state index contributed by atoms with van der Waals surface area (Å²) in [6, 6.07) is 8.36. The van der Waals surface area contributed by atoms with Gasteiger partial charge in [-0.05, 0) is 30.3 Å². The smallest absolute Gasteiger partial charge is 0.141 e. The summed E-state index contributed by atoms with van der Waals surface area (Å²) in [4.78, 5) is 1.29. The first-order chi connectivity index (χ1) is 8.56. The third kappa shape index (κ3) is 3.31. The van der Waals surface area contributed by atoms with Crippen LogP contribution in [0.15, 0.2) is 35.2 Å². The highest BCUT2D eigenvalue weighted by molar-refractivity contribution is 7.84. The number of rotatable bonds is 4. The molecule has 0 aliphatic rings. The minimum Gasteiger partial charge on any atom is -0.380 e. The summed E-state index contributed by atoms with van der Waals surface area (Å²) < 4.78 is 25.5. The standard InChI is InChI=1S/C12H11ClFNOS2/c1-18(16)11-4-2-8(6-10(11)14)15-7-9-3-5-12(13)17-9/h2-6,15H,7H2,1H3. The normalized spacial score (nSPS) is 12.4. The van der Waals surface area contributed by atoms with E-state index in [0.717, 1.165) is 9.21 Å².